The molecule has 4 rings (SSSR count). The number of carbonyl (C=O) groups is 2. The molecule has 1 amide bonds. The lowest BCUT2D eigenvalue weighted by Crippen LogP contribution is -2.29. The number of ketones is 1. The first-order chi connectivity index (χ1) is 16.4. The fourth-order valence-corrected chi connectivity index (χ4v) is 3.88. The maximum Gasteiger partial charge on any atom is 0.300 e. The van der Waals surface area contributed by atoms with Gasteiger partial charge in [-0.15, -0.1) is 0 Å². The number of benzene rings is 2. The second-order valence-electron chi connectivity index (χ2n) is 8.22. The molecular weight excluding hydrogens is 434 g/mol. The average Bonchev–Trinajstić information content (AvgIpc) is 3.45. The summed E-state index contributed by atoms with van der Waals surface area (Å²) >= 11 is 0. The van der Waals surface area contributed by atoms with Gasteiger partial charge in [-0.05, 0) is 68.8 Å². The number of aliphatic hydroxyl groups excluding tert-OH is 1. The van der Waals surface area contributed by atoms with Crippen molar-refractivity contribution >= 4 is 23.1 Å². The van der Waals surface area contributed by atoms with E-state index < -0.39 is 17.7 Å². The van der Waals surface area contributed by atoms with Crippen LogP contribution in [0, 0.1) is 0 Å². The molecule has 0 bridgehead atoms. The molecule has 3 aromatic rings. The highest BCUT2D eigenvalue weighted by Gasteiger charge is 2.48. The van der Waals surface area contributed by atoms with E-state index in [-0.39, 0.29) is 17.4 Å². The Balaban J connectivity index is 1.79. The Morgan fingerprint density at radius 1 is 1.06 bits per heavy atom. The van der Waals surface area contributed by atoms with E-state index in [0.29, 0.717) is 35.1 Å². The molecule has 1 aliphatic rings. The third-order valence-corrected chi connectivity index (χ3v) is 5.32. The third-order valence-electron chi connectivity index (χ3n) is 5.32. The van der Waals surface area contributed by atoms with Crippen molar-refractivity contribution in [3.8, 4) is 11.5 Å². The highest BCUT2D eigenvalue weighted by Crippen LogP contribution is 2.42. The molecule has 1 atom stereocenters. The quantitative estimate of drug-likeness (QED) is 0.271. The minimum atomic E-state index is -0.924. The van der Waals surface area contributed by atoms with Gasteiger partial charge in [-0.2, -0.15) is 0 Å². The topological polar surface area (TPSA) is 89.2 Å². The monoisotopic (exact) mass is 461 g/mol. The SMILES string of the molecule is CCCOc1cccc(/C(O)=C2/C(=O)C(=O)N(c3ccc(OC(C)C)cc3)C2c2ccco2)c1. The number of anilines is 1. The van der Waals surface area contributed by atoms with Crippen LogP contribution in [0.25, 0.3) is 5.76 Å². The van der Waals surface area contributed by atoms with Crippen LogP contribution < -0.4 is 14.4 Å². The van der Waals surface area contributed by atoms with E-state index in [1.54, 1.807) is 60.7 Å². The largest absolute Gasteiger partial charge is 0.507 e. The van der Waals surface area contributed by atoms with E-state index in [4.69, 9.17) is 13.9 Å². The summed E-state index contributed by atoms with van der Waals surface area (Å²) in [4.78, 5) is 27.7. The number of Topliss-reactive ketones (excluding diaryl/α,β-unsaturated/α-hetero) is 1. The zero-order valence-corrected chi connectivity index (χ0v) is 19.4. The Kier molecular flexibility index (Phi) is 6.72. The second kappa shape index (κ2) is 9.87. The fourth-order valence-electron chi connectivity index (χ4n) is 3.88. The van der Waals surface area contributed by atoms with Crippen LogP contribution in [-0.2, 0) is 9.59 Å². The Hall–Kier alpha value is -4.00. The molecule has 0 saturated carbocycles. The van der Waals surface area contributed by atoms with E-state index in [9.17, 15) is 14.7 Å². The molecule has 7 nitrogen and oxygen atoms in total. The van der Waals surface area contributed by atoms with Crippen LogP contribution in [0.4, 0.5) is 5.69 Å². The van der Waals surface area contributed by atoms with Crippen LogP contribution in [0.3, 0.4) is 0 Å². The lowest BCUT2D eigenvalue weighted by molar-refractivity contribution is -0.132. The van der Waals surface area contributed by atoms with E-state index in [0.717, 1.165) is 6.42 Å². The van der Waals surface area contributed by atoms with Gasteiger partial charge in [0.25, 0.3) is 11.7 Å². The standard InChI is InChI=1S/C27H27NO6/c1-4-14-32-21-8-5-7-18(16-21)25(29)23-24(22-9-6-15-33-22)28(27(31)26(23)30)19-10-12-20(13-11-19)34-17(2)3/h5-13,15-17,24,29H,4,14H2,1-3H3/b25-23-. The second-order valence-corrected chi connectivity index (χ2v) is 8.22. The van der Waals surface area contributed by atoms with Crippen molar-refractivity contribution in [2.75, 3.05) is 11.5 Å². The van der Waals surface area contributed by atoms with Crippen LogP contribution in [0.15, 0.2) is 76.9 Å². The molecule has 1 saturated heterocycles. The normalized spacial score (nSPS) is 17.4. The van der Waals surface area contributed by atoms with Crippen molar-refractivity contribution in [3.05, 3.63) is 83.8 Å². The summed E-state index contributed by atoms with van der Waals surface area (Å²) in [5, 5.41) is 11.2. The number of rotatable bonds is 8. The molecule has 7 heteroatoms. The Labute approximate surface area is 198 Å². The van der Waals surface area contributed by atoms with Gasteiger partial charge in [0.05, 0.1) is 24.5 Å². The van der Waals surface area contributed by atoms with Gasteiger partial charge < -0.3 is 19.0 Å². The molecule has 2 heterocycles. The van der Waals surface area contributed by atoms with Gasteiger partial charge in [0.1, 0.15) is 29.1 Å². The molecule has 1 unspecified atom stereocenters. The van der Waals surface area contributed by atoms with E-state index >= 15 is 0 Å². The van der Waals surface area contributed by atoms with E-state index in [1.807, 2.05) is 20.8 Å². The van der Waals surface area contributed by atoms with Gasteiger partial charge in [-0.3, -0.25) is 14.5 Å². The summed E-state index contributed by atoms with van der Waals surface area (Å²) in [7, 11) is 0. The molecule has 2 aromatic carbocycles. The van der Waals surface area contributed by atoms with Crippen LogP contribution in [0.5, 0.6) is 11.5 Å². The molecular formula is C27H27NO6. The minimum Gasteiger partial charge on any atom is -0.507 e. The number of nitrogens with zero attached hydrogens (tertiary/aromatic N) is 1. The van der Waals surface area contributed by atoms with Crippen LogP contribution >= 0.6 is 0 Å². The summed E-state index contributed by atoms with van der Waals surface area (Å²) in [6.45, 7) is 6.37. The molecule has 0 aliphatic carbocycles. The summed E-state index contributed by atoms with van der Waals surface area (Å²) < 4.78 is 16.9. The van der Waals surface area contributed by atoms with Gasteiger partial charge in [0.2, 0.25) is 0 Å². The predicted octanol–water partition coefficient (Wildman–Crippen LogP) is 5.48. The van der Waals surface area contributed by atoms with Gasteiger partial charge in [-0.1, -0.05) is 19.1 Å². The van der Waals surface area contributed by atoms with Crippen LogP contribution in [-0.4, -0.2) is 29.5 Å². The van der Waals surface area contributed by atoms with Crippen molar-refractivity contribution in [3.63, 3.8) is 0 Å². The highest BCUT2D eigenvalue weighted by atomic mass is 16.5. The van der Waals surface area contributed by atoms with E-state index in [2.05, 4.69) is 0 Å². The van der Waals surface area contributed by atoms with Gasteiger partial charge in [0, 0.05) is 11.3 Å². The molecule has 1 aliphatic heterocycles. The van der Waals surface area contributed by atoms with Gasteiger partial charge in [-0.25, -0.2) is 0 Å². The number of ether oxygens (including phenoxy) is 2. The summed E-state index contributed by atoms with van der Waals surface area (Å²) in [6.07, 6.45) is 2.30. The lowest BCUT2D eigenvalue weighted by atomic mass is 9.99. The molecule has 176 valence electrons. The Morgan fingerprint density at radius 3 is 2.47 bits per heavy atom. The summed E-state index contributed by atoms with van der Waals surface area (Å²) in [5.41, 5.74) is 0.817. The fraction of sp³-hybridized carbons (Fsp3) is 0.259. The minimum absolute atomic E-state index is 0.000246. The summed E-state index contributed by atoms with van der Waals surface area (Å²) in [6, 6.07) is 16.1. The van der Waals surface area contributed by atoms with Crippen LogP contribution in [0.1, 0.15) is 44.6 Å². The van der Waals surface area contributed by atoms with Crippen LogP contribution in [0.2, 0.25) is 0 Å². The molecule has 0 spiro atoms. The number of amides is 1. The van der Waals surface area contributed by atoms with Crippen molar-refractivity contribution in [1.82, 2.24) is 0 Å². The molecule has 1 aromatic heterocycles. The van der Waals surface area contributed by atoms with Gasteiger partial charge in [0.15, 0.2) is 0 Å². The first-order valence-corrected chi connectivity index (χ1v) is 11.2. The van der Waals surface area contributed by atoms with Crippen molar-refractivity contribution in [1.29, 1.82) is 0 Å². The predicted molar refractivity (Wildman–Crippen MR) is 128 cm³/mol. The maximum absolute atomic E-state index is 13.2. The third kappa shape index (κ3) is 4.55. The number of carbonyl (C=O) groups excluding carboxylic acids is 2. The van der Waals surface area contributed by atoms with Crippen molar-refractivity contribution in [2.45, 2.75) is 39.3 Å². The molecule has 1 fully saturated rings. The average molecular weight is 462 g/mol. The number of aliphatic hydroxyl groups is 1. The molecule has 34 heavy (non-hydrogen) atoms. The Morgan fingerprint density at radius 2 is 1.82 bits per heavy atom. The zero-order valence-electron chi connectivity index (χ0n) is 19.4. The number of hydrogen-bond acceptors (Lipinski definition) is 6. The number of hydrogen-bond donors (Lipinski definition) is 1. The lowest BCUT2D eigenvalue weighted by Gasteiger charge is -2.23. The first-order valence-electron chi connectivity index (χ1n) is 11.2. The molecule has 0 radical (unpaired) electrons. The van der Waals surface area contributed by atoms with Crippen molar-refractivity contribution in [2.24, 2.45) is 0 Å². The number of furan rings is 1. The first kappa shape index (κ1) is 23.2. The van der Waals surface area contributed by atoms with E-state index in [1.165, 1.54) is 11.2 Å². The highest BCUT2D eigenvalue weighted by molar-refractivity contribution is 6.51. The smallest absolute Gasteiger partial charge is 0.300 e. The van der Waals surface area contributed by atoms with Crippen molar-refractivity contribution < 1.29 is 28.6 Å². The molecule has 1 N–H and O–H groups in total. The zero-order chi connectivity index (χ0) is 24.2. The maximum atomic E-state index is 13.2. The Bertz CT molecular complexity index is 1190. The summed E-state index contributed by atoms with van der Waals surface area (Å²) in [5.74, 6) is -0.255. The van der Waals surface area contributed by atoms with Gasteiger partial charge >= 0.3 is 0 Å².